The lowest BCUT2D eigenvalue weighted by molar-refractivity contribution is 0.378. The van der Waals surface area contributed by atoms with Crippen molar-refractivity contribution in [1.29, 1.82) is 0 Å². The third kappa shape index (κ3) is 3.19. The van der Waals surface area contributed by atoms with Crippen LogP contribution in [0, 0.1) is 27.7 Å². The standard InChI is InChI=1S/C15H19N3O3S/c1-9-6-7-13(8-10(9)2)22(19,20)18-14-11(3)16-15(21-5)17-12(14)4/h6-8,18H,1-5H3. The molecule has 0 unspecified atom stereocenters. The van der Waals surface area contributed by atoms with Crippen LogP contribution in [0.15, 0.2) is 23.1 Å². The Labute approximate surface area is 130 Å². The average molecular weight is 321 g/mol. The first-order chi connectivity index (χ1) is 10.2. The van der Waals surface area contributed by atoms with Crippen molar-refractivity contribution in [2.75, 3.05) is 11.8 Å². The van der Waals surface area contributed by atoms with Gasteiger partial charge in [0.1, 0.15) is 0 Å². The molecule has 0 radical (unpaired) electrons. The summed E-state index contributed by atoms with van der Waals surface area (Å²) in [5.74, 6) is 0. The first kappa shape index (κ1) is 16.2. The predicted molar refractivity (Wildman–Crippen MR) is 84.8 cm³/mol. The summed E-state index contributed by atoms with van der Waals surface area (Å²) in [6, 6.07) is 5.23. The van der Waals surface area contributed by atoms with Crippen molar-refractivity contribution in [1.82, 2.24) is 9.97 Å². The van der Waals surface area contributed by atoms with Gasteiger partial charge in [0, 0.05) is 0 Å². The minimum atomic E-state index is -3.69. The summed E-state index contributed by atoms with van der Waals surface area (Å²) in [7, 11) is -2.22. The SMILES string of the molecule is COc1nc(C)c(NS(=O)(=O)c2ccc(C)c(C)c2)c(C)n1. The van der Waals surface area contributed by atoms with Gasteiger partial charge in [-0.1, -0.05) is 6.07 Å². The summed E-state index contributed by atoms with van der Waals surface area (Å²) in [4.78, 5) is 8.42. The van der Waals surface area contributed by atoms with E-state index < -0.39 is 10.0 Å². The van der Waals surface area contributed by atoms with Crippen molar-refractivity contribution < 1.29 is 13.2 Å². The minimum Gasteiger partial charge on any atom is -0.467 e. The summed E-state index contributed by atoms with van der Waals surface area (Å²) < 4.78 is 32.6. The van der Waals surface area contributed by atoms with Crippen LogP contribution in [0.25, 0.3) is 0 Å². The fraction of sp³-hybridized carbons (Fsp3) is 0.333. The van der Waals surface area contributed by atoms with Crippen LogP contribution in [-0.4, -0.2) is 25.5 Å². The first-order valence-electron chi connectivity index (χ1n) is 6.74. The predicted octanol–water partition coefficient (Wildman–Crippen LogP) is 2.52. The van der Waals surface area contributed by atoms with Gasteiger partial charge in [-0.2, -0.15) is 9.97 Å². The van der Waals surface area contributed by atoms with Gasteiger partial charge < -0.3 is 4.74 Å². The van der Waals surface area contributed by atoms with Crippen molar-refractivity contribution in [3.8, 4) is 6.01 Å². The Kier molecular flexibility index (Phi) is 4.37. The van der Waals surface area contributed by atoms with Gasteiger partial charge in [0.25, 0.3) is 10.0 Å². The maximum absolute atomic E-state index is 12.5. The van der Waals surface area contributed by atoms with Gasteiger partial charge in [0.05, 0.1) is 29.1 Å². The van der Waals surface area contributed by atoms with Crippen molar-refractivity contribution in [3.05, 3.63) is 40.7 Å². The number of sulfonamides is 1. The first-order valence-corrected chi connectivity index (χ1v) is 8.22. The lowest BCUT2D eigenvalue weighted by Crippen LogP contribution is -2.16. The number of hydrogen-bond donors (Lipinski definition) is 1. The van der Waals surface area contributed by atoms with E-state index in [4.69, 9.17) is 4.74 Å². The highest BCUT2D eigenvalue weighted by molar-refractivity contribution is 7.92. The molecule has 7 heteroatoms. The number of nitrogens with zero attached hydrogens (tertiary/aromatic N) is 2. The van der Waals surface area contributed by atoms with Crippen LogP contribution in [0.4, 0.5) is 5.69 Å². The molecule has 118 valence electrons. The Morgan fingerprint density at radius 3 is 2.09 bits per heavy atom. The molecule has 2 rings (SSSR count). The number of nitrogens with one attached hydrogen (secondary N) is 1. The van der Waals surface area contributed by atoms with Gasteiger partial charge in [-0.3, -0.25) is 4.72 Å². The number of aromatic nitrogens is 2. The Morgan fingerprint density at radius 2 is 1.59 bits per heavy atom. The topological polar surface area (TPSA) is 81.2 Å². The monoisotopic (exact) mass is 321 g/mol. The van der Waals surface area contributed by atoms with Crippen LogP contribution in [-0.2, 0) is 10.0 Å². The normalized spacial score (nSPS) is 11.3. The van der Waals surface area contributed by atoms with Crippen LogP contribution in [0.5, 0.6) is 6.01 Å². The molecule has 2 aromatic rings. The molecule has 1 heterocycles. The Morgan fingerprint density at radius 1 is 1.00 bits per heavy atom. The van der Waals surface area contributed by atoms with Crippen LogP contribution >= 0.6 is 0 Å². The molecule has 1 aromatic heterocycles. The van der Waals surface area contributed by atoms with Gasteiger partial charge in [-0.25, -0.2) is 8.42 Å². The fourth-order valence-electron chi connectivity index (χ4n) is 2.00. The molecular weight excluding hydrogens is 302 g/mol. The molecule has 0 aliphatic rings. The van der Waals surface area contributed by atoms with Gasteiger partial charge in [0.15, 0.2) is 0 Å². The zero-order valence-electron chi connectivity index (χ0n) is 13.3. The largest absolute Gasteiger partial charge is 0.467 e. The quantitative estimate of drug-likeness (QED) is 0.936. The Hall–Kier alpha value is -2.15. The smallest absolute Gasteiger partial charge is 0.316 e. The van der Waals surface area contributed by atoms with E-state index in [9.17, 15) is 8.42 Å². The highest BCUT2D eigenvalue weighted by Gasteiger charge is 2.19. The highest BCUT2D eigenvalue weighted by atomic mass is 32.2. The number of rotatable bonds is 4. The highest BCUT2D eigenvalue weighted by Crippen LogP contribution is 2.24. The van der Waals surface area contributed by atoms with E-state index in [2.05, 4.69) is 14.7 Å². The zero-order chi connectivity index (χ0) is 16.5. The van der Waals surface area contributed by atoms with E-state index in [-0.39, 0.29) is 10.9 Å². The number of aryl methyl sites for hydroxylation is 4. The number of anilines is 1. The minimum absolute atomic E-state index is 0.212. The van der Waals surface area contributed by atoms with Crippen LogP contribution in [0.3, 0.4) is 0 Å². The third-order valence-corrected chi connectivity index (χ3v) is 4.81. The molecule has 22 heavy (non-hydrogen) atoms. The molecule has 0 saturated heterocycles. The maximum Gasteiger partial charge on any atom is 0.316 e. The molecule has 6 nitrogen and oxygen atoms in total. The second-order valence-corrected chi connectivity index (χ2v) is 6.79. The van der Waals surface area contributed by atoms with E-state index in [1.807, 2.05) is 13.8 Å². The number of hydrogen-bond acceptors (Lipinski definition) is 5. The summed E-state index contributed by atoms with van der Waals surface area (Å²) in [6.45, 7) is 7.22. The van der Waals surface area contributed by atoms with Gasteiger partial charge >= 0.3 is 6.01 Å². The molecule has 1 aromatic carbocycles. The molecule has 0 amide bonds. The second-order valence-electron chi connectivity index (χ2n) is 5.11. The average Bonchev–Trinajstić information content (AvgIpc) is 2.45. The lowest BCUT2D eigenvalue weighted by atomic mass is 10.1. The zero-order valence-corrected chi connectivity index (χ0v) is 14.1. The summed E-state index contributed by atoms with van der Waals surface area (Å²) in [5, 5.41) is 0. The van der Waals surface area contributed by atoms with E-state index in [0.29, 0.717) is 17.1 Å². The fourth-order valence-corrected chi connectivity index (χ4v) is 3.26. The summed E-state index contributed by atoms with van der Waals surface area (Å²) in [6.07, 6.45) is 0. The van der Waals surface area contributed by atoms with E-state index in [0.717, 1.165) is 11.1 Å². The van der Waals surface area contributed by atoms with Crippen molar-refractivity contribution in [3.63, 3.8) is 0 Å². The molecule has 0 saturated carbocycles. The van der Waals surface area contributed by atoms with Crippen molar-refractivity contribution in [2.45, 2.75) is 32.6 Å². The summed E-state index contributed by atoms with van der Waals surface area (Å²) in [5.41, 5.74) is 3.36. The van der Waals surface area contributed by atoms with Gasteiger partial charge in [0.2, 0.25) is 0 Å². The number of ether oxygens (including phenoxy) is 1. The molecule has 0 atom stereocenters. The van der Waals surface area contributed by atoms with Crippen molar-refractivity contribution in [2.24, 2.45) is 0 Å². The number of benzene rings is 1. The van der Waals surface area contributed by atoms with E-state index in [1.54, 1.807) is 32.0 Å². The second kappa shape index (κ2) is 5.92. The maximum atomic E-state index is 12.5. The molecule has 0 bridgehead atoms. The lowest BCUT2D eigenvalue weighted by Gasteiger charge is -2.13. The molecule has 0 aliphatic heterocycles. The molecular formula is C15H19N3O3S. The molecule has 1 N–H and O–H groups in total. The Bertz CT molecular complexity index is 794. The third-order valence-electron chi connectivity index (χ3n) is 3.46. The van der Waals surface area contributed by atoms with Crippen molar-refractivity contribution >= 4 is 15.7 Å². The summed E-state index contributed by atoms with van der Waals surface area (Å²) >= 11 is 0. The van der Waals surface area contributed by atoms with Crippen LogP contribution in [0.1, 0.15) is 22.5 Å². The molecule has 0 fully saturated rings. The van der Waals surface area contributed by atoms with Crippen LogP contribution < -0.4 is 9.46 Å². The van der Waals surface area contributed by atoms with E-state index >= 15 is 0 Å². The van der Waals surface area contributed by atoms with E-state index in [1.165, 1.54) is 7.11 Å². The number of methoxy groups -OCH3 is 1. The molecule has 0 aliphatic carbocycles. The van der Waals surface area contributed by atoms with Crippen LogP contribution in [0.2, 0.25) is 0 Å². The Balaban J connectivity index is 2.43. The van der Waals surface area contributed by atoms with Gasteiger partial charge in [-0.15, -0.1) is 0 Å². The van der Waals surface area contributed by atoms with Gasteiger partial charge in [-0.05, 0) is 51.0 Å². The molecule has 0 spiro atoms.